The van der Waals surface area contributed by atoms with Gasteiger partial charge in [-0.25, -0.2) is 4.98 Å². The molecule has 2 aliphatic heterocycles. The SMILES string of the molecule is CCOCCn1c(NC2CCN(CCC3(c4ccccc4)CCN(OCc4ccccc4)C3)CC2)nc2ccccc21. The standard InChI is InChI=1S/C35H45N5O2/c1-2-41-26-25-40-33-16-10-9-15-32(33)37-34(40)36-31-17-21-38(22-18-31)23-19-35(30-13-7-4-8-14-30)20-24-39(28-35)42-27-29-11-5-3-6-12-29/h3-16,31H,2,17-28H2,1H3,(H,36,37). The molecule has 1 unspecified atom stereocenters. The summed E-state index contributed by atoms with van der Waals surface area (Å²) in [6.45, 7) is 10.2. The maximum absolute atomic E-state index is 6.29. The number of hydroxylamine groups is 2. The number of nitrogens with one attached hydrogen (secondary N) is 1. The summed E-state index contributed by atoms with van der Waals surface area (Å²) < 4.78 is 7.95. The van der Waals surface area contributed by atoms with Crippen LogP contribution in [0.2, 0.25) is 0 Å². The van der Waals surface area contributed by atoms with Gasteiger partial charge >= 0.3 is 0 Å². The monoisotopic (exact) mass is 567 g/mol. The third-order valence-electron chi connectivity index (χ3n) is 9.11. The summed E-state index contributed by atoms with van der Waals surface area (Å²) in [5.74, 6) is 0.971. The molecular formula is C35H45N5O2. The van der Waals surface area contributed by atoms with Crippen LogP contribution in [-0.4, -0.2) is 71.5 Å². The Hall–Kier alpha value is -3.23. The van der Waals surface area contributed by atoms with Gasteiger partial charge in [-0.1, -0.05) is 72.8 Å². The molecule has 2 fully saturated rings. The predicted octanol–water partition coefficient (Wildman–Crippen LogP) is 6.11. The smallest absolute Gasteiger partial charge is 0.204 e. The van der Waals surface area contributed by atoms with E-state index in [1.54, 1.807) is 0 Å². The third-order valence-corrected chi connectivity index (χ3v) is 9.11. The first-order chi connectivity index (χ1) is 20.7. The number of rotatable bonds is 13. The van der Waals surface area contributed by atoms with Gasteiger partial charge in [0.15, 0.2) is 0 Å². The molecule has 6 rings (SSSR count). The number of hydrogen-bond acceptors (Lipinski definition) is 6. The van der Waals surface area contributed by atoms with E-state index in [1.807, 2.05) is 6.92 Å². The van der Waals surface area contributed by atoms with Crippen molar-refractivity contribution in [2.75, 3.05) is 51.3 Å². The van der Waals surface area contributed by atoms with Crippen molar-refractivity contribution in [3.8, 4) is 0 Å². The first kappa shape index (κ1) is 28.9. The van der Waals surface area contributed by atoms with Crippen LogP contribution in [0.15, 0.2) is 84.9 Å². The van der Waals surface area contributed by atoms with E-state index in [0.717, 1.165) is 83.0 Å². The van der Waals surface area contributed by atoms with Crippen molar-refractivity contribution in [3.05, 3.63) is 96.1 Å². The highest BCUT2D eigenvalue weighted by Crippen LogP contribution is 2.38. The third kappa shape index (κ3) is 6.87. The number of hydrogen-bond donors (Lipinski definition) is 1. The summed E-state index contributed by atoms with van der Waals surface area (Å²) in [6.07, 6.45) is 4.52. The van der Waals surface area contributed by atoms with Crippen LogP contribution in [0.25, 0.3) is 11.0 Å². The summed E-state index contributed by atoms with van der Waals surface area (Å²) in [7, 11) is 0. The van der Waals surface area contributed by atoms with Crippen LogP contribution in [0.5, 0.6) is 0 Å². The lowest BCUT2D eigenvalue weighted by molar-refractivity contribution is -0.157. The molecule has 3 aromatic carbocycles. The lowest BCUT2D eigenvalue weighted by atomic mass is 9.76. The molecule has 0 bridgehead atoms. The zero-order valence-electron chi connectivity index (χ0n) is 25.0. The van der Waals surface area contributed by atoms with Crippen LogP contribution in [0.1, 0.15) is 43.7 Å². The highest BCUT2D eigenvalue weighted by molar-refractivity contribution is 5.78. The Labute approximate surface area is 250 Å². The number of anilines is 1. The van der Waals surface area contributed by atoms with E-state index in [-0.39, 0.29) is 5.41 Å². The predicted molar refractivity (Wildman–Crippen MR) is 169 cm³/mol. The largest absolute Gasteiger partial charge is 0.380 e. The topological polar surface area (TPSA) is 54.8 Å². The molecule has 0 amide bonds. The second-order valence-corrected chi connectivity index (χ2v) is 11.8. The van der Waals surface area contributed by atoms with Crippen LogP contribution < -0.4 is 5.32 Å². The molecule has 3 heterocycles. The minimum atomic E-state index is 0.123. The Morgan fingerprint density at radius 2 is 1.62 bits per heavy atom. The Bertz CT molecular complexity index is 1390. The number of para-hydroxylation sites is 2. The molecule has 42 heavy (non-hydrogen) atoms. The minimum Gasteiger partial charge on any atom is -0.380 e. The fraction of sp³-hybridized carbons (Fsp3) is 0.457. The highest BCUT2D eigenvalue weighted by Gasteiger charge is 2.40. The molecular weight excluding hydrogens is 522 g/mol. The molecule has 7 heteroatoms. The van der Waals surface area contributed by atoms with Crippen molar-refractivity contribution in [1.82, 2.24) is 19.5 Å². The van der Waals surface area contributed by atoms with Gasteiger partial charge in [-0.3, -0.25) is 4.84 Å². The van der Waals surface area contributed by atoms with E-state index in [4.69, 9.17) is 14.6 Å². The van der Waals surface area contributed by atoms with Gasteiger partial charge in [0, 0.05) is 50.8 Å². The molecule has 2 aliphatic rings. The number of nitrogens with zero attached hydrogens (tertiary/aromatic N) is 4. The van der Waals surface area contributed by atoms with Gasteiger partial charge in [0.1, 0.15) is 0 Å². The number of piperidine rings is 1. The second-order valence-electron chi connectivity index (χ2n) is 11.8. The second kappa shape index (κ2) is 13.8. The number of likely N-dealkylation sites (tertiary alicyclic amines) is 1. The fourth-order valence-electron chi connectivity index (χ4n) is 6.63. The molecule has 2 saturated heterocycles. The van der Waals surface area contributed by atoms with Gasteiger partial charge < -0.3 is 19.5 Å². The lowest BCUT2D eigenvalue weighted by Crippen LogP contribution is -2.42. The molecule has 4 aromatic rings. The highest BCUT2D eigenvalue weighted by atomic mass is 16.7. The summed E-state index contributed by atoms with van der Waals surface area (Å²) in [6, 6.07) is 30.4. The molecule has 222 valence electrons. The van der Waals surface area contributed by atoms with Crippen molar-refractivity contribution in [2.24, 2.45) is 0 Å². The van der Waals surface area contributed by atoms with Gasteiger partial charge in [-0.2, -0.15) is 5.06 Å². The molecule has 1 aromatic heterocycles. The van der Waals surface area contributed by atoms with Crippen molar-refractivity contribution in [1.29, 1.82) is 0 Å². The molecule has 1 N–H and O–H groups in total. The van der Waals surface area contributed by atoms with Gasteiger partial charge in [0.05, 0.1) is 24.2 Å². The number of benzene rings is 3. The summed E-state index contributed by atoms with van der Waals surface area (Å²) in [5, 5.41) is 6.00. The number of aromatic nitrogens is 2. The van der Waals surface area contributed by atoms with Crippen LogP contribution in [0.3, 0.4) is 0 Å². The normalized spacial score (nSPS) is 20.4. The Balaban J connectivity index is 1.05. The van der Waals surface area contributed by atoms with Gasteiger partial charge in [0.2, 0.25) is 5.95 Å². The van der Waals surface area contributed by atoms with Gasteiger partial charge in [0.25, 0.3) is 0 Å². The van der Waals surface area contributed by atoms with Crippen molar-refractivity contribution in [2.45, 2.75) is 57.2 Å². The quantitative estimate of drug-likeness (QED) is 0.197. The van der Waals surface area contributed by atoms with Crippen molar-refractivity contribution >= 4 is 17.0 Å². The summed E-state index contributed by atoms with van der Waals surface area (Å²) in [5.41, 5.74) is 4.99. The van der Waals surface area contributed by atoms with E-state index >= 15 is 0 Å². The molecule has 1 atom stereocenters. The molecule has 0 saturated carbocycles. The molecule has 0 spiro atoms. The van der Waals surface area contributed by atoms with Crippen molar-refractivity contribution in [3.63, 3.8) is 0 Å². The minimum absolute atomic E-state index is 0.123. The van der Waals surface area contributed by atoms with E-state index < -0.39 is 0 Å². The van der Waals surface area contributed by atoms with E-state index in [1.165, 1.54) is 16.6 Å². The molecule has 0 radical (unpaired) electrons. The lowest BCUT2D eigenvalue weighted by Gasteiger charge is -2.36. The maximum atomic E-state index is 6.29. The Kier molecular flexibility index (Phi) is 9.50. The number of fused-ring (bicyclic) bond motifs is 1. The van der Waals surface area contributed by atoms with E-state index in [0.29, 0.717) is 19.3 Å². The zero-order valence-corrected chi connectivity index (χ0v) is 25.0. The summed E-state index contributed by atoms with van der Waals surface area (Å²) >= 11 is 0. The van der Waals surface area contributed by atoms with Crippen LogP contribution >= 0.6 is 0 Å². The maximum Gasteiger partial charge on any atom is 0.204 e. The van der Waals surface area contributed by atoms with Crippen molar-refractivity contribution < 1.29 is 9.57 Å². The van der Waals surface area contributed by atoms with E-state index in [9.17, 15) is 0 Å². The number of ether oxygens (including phenoxy) is 1. The number of imidazole rings is 1. The Morgan fingerprint density at radius 3 is 2.40 bits per heavy atom. The first-order valence-electron chi connectivity index (χ1n) is 15.7. The zero-order chi connectivity index (χ0) is 28.6. The molecule has 7 nitrogen and oxygen atoms in total. The average Bonchev–Trinajstić information content (AvgIpc) is 3.63. The first-order valence-corrected chi connectivity index (χ1v) is 15.7. The van der Waals surface area contributed by atoms with Crippen LogP contribution in [-0.2, 0) is 28.1 Å². The van der Waals surface area contributed by atoms with Gasteiger partial charge in [-0.15, -0.1) is 0 Å². The average molecular weight is 568 g/mol. The van der Waals surface area contributed by atoms with Crippen LogP contribution in [0, 0.1) is 0 Å². The Morgan fingerprint density at radius 1 is 0.881 bits per heavy atom. The van der Waals surface area contributed by atoms with Gasteiger partial charge in [-0.05, 0) is 62.4 Å². The molecule has 0 aliphatic carbocycles. The van der Waals surface area contributed by atoms with E-state index in [2.05, 4.69) is 105 Å². The fourth-order valence-corrected chi connectivity index (χ4v) is 6.63. The summed E-state index contributed by atoms with van der Waals surface area (Å²) in [4.78, 5) is 13.9. The van der Waals surface area contributed by atoms with Crippen LogP contribution in [0.4, 0.5) is 5.95 Å².